The molecule has 0 spiro atoms. The molecule has 3 aromatic rings. The normalized spacial score (nSPS) is 10.4. The van der Waals surface area contributed by atoms with E-state index in [1.54, 1.807) is 48.5 Å². The summed E-state index contributed by atoms with van der Waals surface area (Å²) in [6.07, 6.45) is 0. The summed E-state index contributed by atoms with van der Waals surface area (Å²) in [4.78, 5) is 12.3. The largest absolute Gasteiger partial charge is 0.506 e. The molecule has 0 fully saturated rings. The van der Waals surface area contributed by atoms with Crippen molar-refractivity contribution in [2.45, 2.75) is 0 Å². The molecule has 26 heavy (non-hydrogen) atoms. The lowest BCUT2D eigenvalue weighted by atomic mass is 10.2. The highest BCUT2D eigenvalue weighted by molar-refractivity contribution is 6.36. The number of carbonyl (C=O) groups excluding carboxylic acids is 1. The molecule has 0 bridgehead atoms. The van der Waals surface area contributed by atoms with E-state index in [1.165, 1.54) is 12.1 Å². The highest BCUT2D eigenvalue weighted by Crippen LogP contribution is 2.32. The third-order valence-corrected chi connectivity index (χ3v) is 4.19. The summed E-state index contributed by atoms with van der Waals surface area (Å²) in [5, 5.41) is 13.5. The molecule has 1 amide bonds. The summed E-state index contributed by atoms with van der Waals surface area (Å²) in [6.45, 7) is 0. The Bertz CT molecular complexity index is 941. The van der Waals surface area contributed by atoms with E-state index in [2.05, 4.69) is 5.32 Å². The first kappa shape index (κ1) is 18.4. The second kappa shape index (κ2) is 7.87. The molecule has 3 rings (SSSR count). The summed E-state index contributed by atoms with van der Waals surface area (Å²) in [7, 11) is 0. The van der Waals surface area contributed by atoms with Gasteiger partial charge >= 0.3 is 0 Å². The van der Waals surface area contributed by atoms with Crippen LogP contribution < -0.4 is 10.1 Å². The van der Waals surface area contributed by atoms with Crippen molar-refractivity contribution >= 4 is 46.4 Å². The fraction of sp³-hybridized carbons (Fsp3) is 0. The minimum atomic E-state index is -0.529. The van der Waals surface area contributed by atoms with Gasteiger partial charge in [0, 0.05) is 15.7 Å². The zero-order valence-corrected chi connectivity index (χ0v) is 15.4. The van der Waals surface area contributed by atoms with Crippen molar-refractivity contribution < 1.29 is 14.6 Å². The topological polar surface area (TPSA) is 58.6 Å². The van der Waals surface area contributed by atoms with E-state index in [9.17, 15) is 9.90 Å². The van der Waals surface area contributed by atoms with Gasteiger partial charge in [0.15, 0.2) is 0 Å². The van der Waals surface area contributed by atoms with E-state index in [0.29, 0.717) is 22.2 Å². The standard InChI is InChI=1S/C19H12Cl3NO3/c20-11-1-5-14(6-2-11)26-15-7-3-13(4-8-15)23-19(25)16-9-12(21)10-17(22)18(16)24/h1-10,24H,(H,23,25). The SMILES string of the molecule is O=C(Nc1ccc(Oc2ccc(Cl)cc2)cc1)c1cc(Cl)cc(Cl)c1O. The highest BCUT2D eigenvalue weighted by Gasteiger charge is 2.15. The molecule has 0 heterocycles. The molecular formula is C19H12Cl3NO3. The van der Waals surface area contributed by atoms with E-state index in [-0.39, 0.29) is 21.4 Å². The molecule has 0 aliphatic rings. The summed E-state index contributed by atoms with van der Waals surface area (Å²) in [6, 6.07) is 16.4. The van der Waals surface area contributed by atoms with Crippen LogP contribution in [-0.4, -0.2) is 11.0 Å². The summed E-state index contributed by atoms with van der Waals surface area (Å²) >= 11 is 17.5. The number of ether oxygens (including phenoxy) is 1. The van der Waals surface area contributed by atoms with Gasteiger partial charge in [0.1, 0.15) is 17.2 Å². The molecule has 4 nitrogen and oxygen atoms in total. The van der Waals surface area contributed by atoms with Crippen molar-refractivity contribution in [1.29, 1.82) is 0 Å². The van der Waals surface area contributed by atoms with Gasteiger partial charge in [0.05, 0.1) is 10.6 Å². The van der Waals surface area contributed by atoms with Crippen molar-refractivity contribution in [3.63, 3.8) is 0 Å². The molecule has 2 N–H and O–H groups in total. The lowest BCUT2D eigenvalue weighted by Crippen LogP contribution is -2.12. The summed E-state index contributed by atoms with van der Waals surface area (Å²) in [5.41, 5.74) is 0.512. The Morgan fingerprint density at radius 2 is 1.42 bits per heavy atom. The number of hydrogen-bond donors (Lipinski definition) is 2. The number of rotatable bonds is 4. The number of anilines is 1. The highest BCUT2D eigenvalue weighted by atomic mass is 35.5. The van der Waals surface area contributed by atoms with Gasteiger partial charge in [-0.2, -0.15) is 0 Å². The maximum atomic E-state index is 12.3. The first-order chi connectivity index (χ1) is 12.4. The van der Waals surface area contributed by atoms with Gasteiger partial charge in [-0.25, -0.2) is 0 Å². The number of amides is 1. The zero-order valence-electron chi connectivity index (χ0n) is 13.2. The molecule has 0 aliphatic heterocycles. The average Bonchev–Trinajstić information content (AvgIpc) is 2.61. The van der Waals surface area contributed by atoms with E-state index in [0.717, 1.165) is 0 Å². The number of phenols is 1. The van der Waals surface area contributed by atoms with Crippen LogP contribution in [0.5, 0.6) is 17.2 Å². The van der Waals surface area contributed by atoms with Crippen LogP contribution in [0, 0.1) is 0 Å². The molecule has 132 valence electrons. The molecule has 0 radical (unpaired) electrons. The van der Waals surface area contributed by atoms with E-state index in [1.807, 2.05) is 0 Å². The van der Waals surface area contributed by atoms with Crippen LogP contribution in [0.25, 0.3) is 0 Å². The number of benzene rings is 3. The smallest absolute Gasteiger partial charge is 0.259 e. The number of halogens is 3. The van der Waals surface area contributed by atoms with Gasteiger partial charge in [-0.1, -0.05) is 34.8 Å². The molecule has 0 saturated carbocycles. The molecule has 7 heteroatoms. The Kier molecular flexibility index (Phi) is 5.57. The first-order valence-corrected chi connectivity index (χ1v) is 8.58. The van der Waals surface area contributed by atoms with Gasteiger partial charge in [-0.3, -0.25) is 4.79 Å². The number of nitrogens with one attached hydrogen (secondary N) is 1. The summed E-state index contributed by atoms with van der Waals surface area (Å²) < 4.78 is 5.68. The van der Waals surface area contributed by atoms with Crippen LogP contribution >= 0.6 is 34.8 Å². The molecule has 0 aromatic heterocycles. The van der Waals surface area contributed by atoms with Crippen LogP contribution in [0.4, 0.5) is 5.69 Å². The number of carbonyl (C=O) groups is 1. The Labute approximate surface area is 164 Å². The van der Waals surface area contributed by atoms with Crippen LogP contribution in [-0.2, 0) is 0 Å². The van der Waals surface area contributed by atoms with Crippen molar-refractivity contribution in [2.75, 3.05) is 5.32 Å². The third-order valence-electron chi connectivity index (χ3n) is 3.43. The van der Waals surface area contributed by atoms with E-state index in [4.69, 9.17) is 39.5 Å². The monoisotopic (exact) mass is 407 g/mol. The minimum Gasteiger partial charge on any atom is -0.506 e. The van der Waals surface area contributed by atoms with E-state index < -0.39 is 5.91 Å². The molecule has 0 aliphatic carbocycles. The van der Waals surface area contributed by atoms with Gasteiger partial charge in [0.2, 0.25) is 0 Å². The Balaban J connectivity index is 1.71. The third kappa shape index (κ3) is 4.41. The van der Waals surface area contributed by atoms with Gasteiger partial charge < -0.3 is 15.2 Å². The van der Waals surface area contributed by atoms with Crippen LogP contribution in [0.2, 0.25) is 15.1 Å². The second-order valence-electron chi connectivity index (χ2n) is 5.32. The maximum Gasteiger partial charge on any atom is 0.259 e. The molecule has 0 atom stereocenters. The number of hydrogen-bond acceptors (Lipinski definition) is 3. The first-order valence-electron chi connectivity index (χ1n) is 7.45. The molecule has 0 saturated heterocycles. The van der Waals surface area contributed by atoms with Crippen molar-refractivity contribution in [3.05, 3.63) is 81.3 Å². The zero-order chi connectivity index (χ0) is 18.7. The Hall–Kier alpha value is -2.40. The van der Waals surface area contributed by atoms with Crippen molar-refractivity contribution in [1.82, 2.24) is 0 Å². The molecular weight excluding hydrogens is 397 g/mol. The Morgan fingerprint density at radius 3 is 2.04 bits per heavy atom. The number of phenolic OH excluding ortho intramolecular Hbond substituents is 1. The minimum absolute atomic E-state index is 0.00867. The number of aromatic hydroxyl groups is 1. The van der Waals surface area contributed by atoms with Gasteiger partial charge in [0.25, 0.3) is 5.91 Å². The lowest BCUT2D eigenvalue weighted by Gasteiger charge is -2.10. The van der Waals surface area contributed by atoms with Gasteiger partial charge in [-0.15, -0.1) is 0 Å². The fourth-order valence-corrected chi connectivity index (χ4v) is 2.80. The van der Waals surface area contributed by atoms with Crippen LogP contribution in [0.15, 0.2) is 60.7 Å². The van der Waals surface area contributed by atoms with Crippen molar-refractivity contribution in [3.8, 4) is 17.2 Å². The summed E-state index contributed by atoms with van der Waals surface area (Å²) in [5.74, 6) is 0.387. The van der Waals surface area contributed by atoms with Crippen LogP contribution in [0.1, 0.15) is 10.4 Å². The second-order valence-corrected chi connectivity index (χ2v) is 6.60. The van der Waals surface area contributed by atoms with Crippen LogP contribution in [0.3, 0.4) is 0 Å². The van der Waals surface area contributed by atoms with Crippen molar-refractivity contribution in [2.24, 2.45) is 0 Å². The Morgan fingerprint density at radius 1 is 0.846 bits per heavy atom. The van der Waals surface area contributed by atoms with E-state index >= 15 is 0 Å². The predicted molar refractivity (Wildman–Crippen MR) is 104 cm³/mol. The molecule has 0 unspecified atom stereocenters. The average molecular weight is 409 g/mol. The quantitative estimate of drug-likeness (QED) is 0.525. The maximum absolute atomic E-state index is 12.3. The predicted octanol–water partition coefficient (Wildman–Crippen LogP) is 6.40. The van der Waals surface area contributed by atoms with Gasteiger partial charge in [-0.05, 0) is 60.7 Å². The molecule has 3 aromatic carbocycles. The fourth-order valence-electron chi connectivity index (χ4n) is 2.18. The lowest BCUT2D eigenvalue weighted by molar-refractivity contribution is 0.102.